The summed E-state index contributed by atoms with van der Waals surface area (Å²) in [7, 11) is -1.43. The van der Waals surface area contributed by atoms with E-state index in [1.165, 1.54) is 0 Å². The molecule has 0 bridgehead atoms. The van der Waals surface area contributed by atoms with Gasteiger partial charge in [0.15, 0.2) is 0 Å². The molecule has 0 aliphatic carbocycles. The molecule has 0 saturated carbocycles. The highest BCUT2D eigenvalue weighted by Crippen LogP contribution is 2.22. The third-order valence-electron chi connectivity index (χ3n) is 4.24. The van der Waals surface area contributed by atoms with E-state index in [2.05, 4.69) is 10.3 Å². The second-order valence-corrected chi connectivity index (χ2v) is 7.70. The minimum atomic E-state index is -3.32. The van der Waals surface area contributed by atoms with Crippen molar-refractivity contribution in [3.63, 3.8) is 0 Å². The van der Waals surface area contributed by atoms with Gasteiger partial charge in [-0.25, -0.2) is 12.7 Å². The molecular weight excluding hydrogens is 334 g/mol. The van der Waals surface area contributed by atoms with Crippen LogP contribution in [-0.2, 0) is 15.8 Å². The quantitative estimate of drug-likeness (QED) is 0.913. The van der Waals surface area contributed by atoms with Crippen molar-refractivity contribution >= 4 is 33.3 Å². The summed E-state index contributed by atoms with van der Waals surface area (Å²) in [5, 5.41) is 4.16. The van der Waals surface area contributed by atoms with Gasteiger partial charge in [0.1, 0.15) is 0 Å². The van der Waals surface area contributed by atoms with Gasteiger partial charge in [0, 0.05) is 30.7 Å². The topological polar surface area (TPSA) is 62.3 Å². The van der Waals surface area contributed by atoms with Crippen molar-refractivity contribution in [1.82, 2.24) is 14.6 Å². The second kappa shape index (κ2) is 7.57. The van der Waals surface area contributed by atoms with Crippen LogP contribution >= 0.6 is 12.4 Å². The van der Waals surface area contributed by atoms with Gasteiger partial charge in [-0.3, -0.25) is 4.98 Å². The van der Waals surface area contributed by atoms with Gasteiger partial charge < -0.3 is 5.32 Å². The summed E-state index contributed by atoms with van der Waals surface area (Å²) in [4.78, 5) is 4.35. The zero-order valence-electron chi connectivity index (χ0n) is 13.1. The maximum absolute atomic E-state index is 12.7. The number of para-hydroxylation sites is 1. The molecule has 1 unspecified atom stereocenters. The first-order chi connectivity index (χ1) is 10.6. The Morgan fingerprint density at radius 1 is 1.30 bits per heavy atom. The van der Waals surface area contributed by atoms with Crippen LogP contribution in [0.4, 0.5) is 0 Å². The largest absolute Gasteiger partial charge is 0.316 e. The van der Waals surface area contributed by atoms with Crippen LogP contribution in [0.25, 0.3) is 10.9 Å². The summed E-state index contributed by atoms with van der Waals surface area (Å²) in [5.74, 6) is 0.0117. The number of sulfonamides is 1. The van der Waals surface area contributed by atoms with E-state index in [-0.39, 0.29) is 24.2 Å². The summed E-state index contributed by atoms with van der Waals surface area (Å²) in [5.41, 5.74) is 1.54. The van der Waals surface area contributed by atoms with E-state index >= 15 is 0 Å². The van der Waals surface area contributed by atoms with Crippen LogP contribution in [0.15, 0.2) is 36.5 Å². The number of rotatable bonds is 4. The predicted octanol–water partition coefficient (Wildman–Crippen LogP) is 2.17. The normalized spacial score (nSPS) is 19.4. The van der Waals surface area contributed by atoms with Crippen molar-refractivity contribution in [2.24, 2.45) is 0 Å². The van der Waals surface area contributed by atoms with E-state index in [1.54, 1.807) is 10.5 Å². The number of piperidine rings is 1. The van der Waals surface area contributed by atoms with Gasteiger partial charge in [0.05, 0.1) is 11.3 Å². The Bertz CT molecular complexity index is 762. The van der Waals surface area contributed by atoms with Crippen molar-refractivity contribution < 1.29 is 8.42 Å². The van der Waals surface area contributed by atoms with E-state index in [0.717, 1.165) is 29.3 Å². The number of benzene rings is 1. The molecule has 3 rings (SSSR count). The van der Waals surface area contributed by atoms with Crippen molar-refractivity contribution in [1.29, 1.82) is 0 Å². The van der Waals surface area contributed by atoms with Crippen LogP contribution < -0.4 is 5.32 Å². The van der Waals surface area contributed by atoms with Crippen LogP contribution in [0.1, 0.15) is 18.4 Å². The van der Waals surface area contributed by atoms with Gasteiger partial charge >= 0.3 is 0 Å². The van der Waals surface area contributed by atoms with Crippen molar-refractivity contribution in [2.75, 3.05) is 20.1 Å². The molecule has 1 atom stereocenters. The average Bonchev–Trinajstić information content (AvgIpc) is 2.55. The minimum Gasteiger partial charge on any atom is -0.316 e. The van der Waals surface area contributed by atoms with Crippen LogP contribution in [0.2, 0.25) is 0 Å². The summed E-state index contributed by atoms with van der Waals surface area (Å²) in [6, 6.07) is 9.76. The molecule has 1 aromatic carbocycles. The highest BCUT2D eigenvalue weighted by Gasteiger charge is 2.28. The Labute approximate surface area is 143 Å². The Balaban J connectivity index is 0.00000192. The highest BCUT2D eigenvalue weighted by atomic mass is 35.5. The Morgan fingerprint density at radius 3 is 2.87 bits per heavy atom. The van der Waals surface area contributed by atoms with Gasteiger partial charge in [-0.1, -0.05) is 24.3 Å². The van der Waals surface area contributed by atoms with E-state index in [9.17, 15) is 8.42 Å². The highest BCUT2D eigenvalue weighted by molar-refractivity contribution is 7.88. The molecule has 1 N–H and O–H groups in total. The summed E-state index contributed by atoms with van der Waals surface area (Å²) in [6.07, 6.45) is 3.63. The number of halogens is 1. The fourth-order valence-electron chi connectivity index (χ4n) is 3.00. The third-order valence-corrected chi connectivity index (χ3v) is 6.03. The number of hydrogen-bond donors (Lipinski definition) is 1. The first-order valence-corrected chi connectivity index (χ1v) is 9.19. The van der Waals surface area contributed by atoms with Crippen LogP contribution in [0, 0.1) is 0 Å². The van der Waals surface area contributed by atoms with Crippen LogP contribution in [0.3, 0.4) is 0 Å². The lowest BCUT2D eigenvalue weighted by atomic mass is 10.1. The van der Waals surface area contributed by atoms with Gasteiger partial charge in [-0.2, -0.15) is 0 Å². The lowest BCUT2D eigenvalue weighted by Crippen LogP contribution is -2.47. The predicted molar refractivity (Wildman–Crippen MR) is 95.3 cm³/mol. The number of hydrogen-bond acceptors (Lipinski definition) is 4. The number of fused-ring (bicyclic) bond motifs is 1. The van der Waals surface area contributed by atoms with Crippen LogP contribution in [0.5, 0.6) is 0 Å². The summed E-state index contributed by atoms with van der Waals surface area (Å²) in [6.45, 7) is 1.16. The molecule has 0 radical (unpaired) electrons. The number of likely N-dealkylation sites (N-methyl/N-ethyl adjacent to an activating group) is 1. The number of aromatic nitrogens is 1. The van der Waals surface area contributed by atoms with Crippen molar-refractivity contribution in [2.45, 2.75) is 24.6 Å². The Kier molecular flexibility index (Phi) is 5.97. The SMILES string of the molecule is CNC1CCCN(S(=O)(=O)Cc2cccc3cccnc23)C1.Cl. The fourth-order valence-corrected chi connectivity index (χ4v) is 4.63. The molecule has 1 aliphatic rings. The van der Waals surface area contributed by atoms with E-state index in [1.807, 2.05) is 37.4 Å². The molecule has 2 aromatic rings. The molecule has 1 saturated heterocycles. The van der Waals surface area contributed by atoms with Gasteiger partial charge in [0.25, 0.3) is 0 Å². The fraction of sp³-hybridized carbons (Fsp3) is 0.438. The monoisotopic (exact) mass is 355 g/mol. The number of nitrogens with one attached hydrogen (secondary N) is 1. The molecule has 0 amide bonds. The van der Waals surface area contributed by atoms with E-state index in [0.29, 0.717) is 13.1 Å². The van der Waals surface area contributed by atoms with Crippen molar-refractivity contribution in [3.05, 3.63) is 42.1 Å². The Hall–Kier alpha value is -1.21. The smallest absolute Gasteiger partial charge is 0.218 e. The molecular formula is C16H22ClN3O2S. The summed E-state index contributed by atoms with van der Waals surface area (Å²) >= 11 is 0. The molecule has 5 nitrogen and oxygen atoms in total. The molecule has 0 spiro atoms. The first-order valence-electron chi connectivity index (χ1n) is 7.58. The van der Waals surface area contributed by atoms with E-state index < -0.39 is 10.0 Å². The zero-order chi connectivity index (χ0) is 15.6. The molecule has 23 heavy (non-hydrogen) atoms. The zero-order valence-corrected chi connectivity index (χ0v) is 14.7. The molecule has 7 heteroatoms. The van der Waals surface area contributed by atoms with Crippen LogP contribution in [-0.4, -0.2) is 43.9 Å². The van der Waals surface area contributed by atoms with Gasteiger partial charge in [0.2, 0.25) is 10.0 Å². The third kappa shape index (κ3) is 4.01. The minimum absolute atomic E-state index is 0. The molecule has 2 heterocycles. The molecule has 1 aliphatic heterocycles. The maximum atomic E-state index is 12.7. The lowest BCUT2D eigenvalue weighted by molar-refractivity contribution is 0.292. The second-order valence-electron chi connectivity index (χ2n) is 5.73. The number of pyridine rings is 1. The standard InChI is InChI=1S/C16H21N3O2S.ClH/c1-17-15-8-4-10-19(11-15)22(20,21)12-14-6-2-5-13-7-3-9-18-16(13)14;/h2-3,5-7,9,15,17H,4,8,10-12H2,1H3;1H. The maximum Gasteiger partial charge on any atom is 0.218 e. The van der Waals surface area contributed by atoms with E-state index in [4.69, 9.17) is 0 Å². The van der Waals surface area contributed by atoms with Gasteiger partial charge in [-0.05, 0) is 31.5 Å². The van der Waals surface area contributed by atoms with Gasteiger partial charge in [-0.15, -0.1) is 12.4 Å². The first kappa shape index (κ1) is 18.1. The van der Waals surface area contributed by atoms with Crippen molar-refractivity contribution in [3.8, 4) is 0 Å². The molecule has 1 aromatic heterocycles. The molecule has 126 valence electrons. The summed E-state index contributed by atoms with van der Waals surface area (Å²) < 4.78 is 27.1. The number of nitrogens with zero attached hydrogens (tertiary/aromatic N) is 2. The average molecular weight is 356 g/mol. The molecule has 1 fully saturated rings. The Morgan fingerprint density at radius 2 is 2.09 bits per heavy atom. The lowest BCUT2D eigenvalue weighted by Gasteiger charge is -2.31.